The number of likely N-dealkylation sites (tertiary alicyclic amines) is 1. The third-order valence-corrected chi connectivity index (χ3v) is 3.81. The topological polar surface area (TPSA) is 46.6 Å². The maximum absolute atomic E-state index is 12.2. The molecule has 2 aliphatic rings. The first-order valence-corrected chi connectivity index (χ1v) is 6.77. The number of carbonyl (C=O) groups excluding carboxylic acids is 2. The first kappa shape index (κ1) is 13.1. The van der Waals surface area contributed by atoms with Gasteiger partial charge in [0.1, 0.15) is 6.04 Å². The Morgan fingerprint density at radius 3 is 2.89 bits per heavy atom. The predicted molar refractivity (Wildman–Crippen MR) is 67.9 cm³/mol. The molecule has 100 valence electrons. The van der Waals surface area contributed by atoms with Crippen LogP contribution in [0.15, 0.2) is 11.6 Å². The molecular weight excluding hydrogens is 230 g/mol. The van der Waals surface area contributed by atoms with Gasteiger partial charge in [-0.05, 0) is 38.5 Å². The molecule has 18 heavy (non-hydrogen) atoms. The number of hydrogen-bond donors (Lipinski definition) is 0. The lowest BCUT2D eigenvalue weighted by molar-refractivity contribution is -0.150. The van der Waals surface area contributed by atoms with Crippen LogP contribution in [0.5, 0.6) is 0 Å². The molecule has 0 aromatic heterocycles. The minimum atomic E-state index is -0.355. The van der Waals surface area contributed by atoms with Crippen molar-refractivity contribution in [2.45, 2.75) is 51.0 Å². The fourth-order valence-corrected chi connectivity index (χ4v) is 2.81. The summed E-state index contributed by atoms with van der Waals surface area (Å²) in [4.78, 5) is 25.5. The largest absolute Gasteiger partial charge is 0.467 e. The molecule has 1 atom stereocenters. The van der Waals surface area contributed by atoms with Crippen LogP contribution >= 0.6 is 0 Å². The third-order valence-electron chi connectivity index (χ3n) is 3.81. The van der Waals surface area contributed by atoms with E-state index in [4.69, 9.17) is 4.74 Å². The summed E-state index contributed by atoms with van der Waals surface area (Å²) in [6, 6.07) is -0.355. The molecule has 0 N–H and O–H groups in total. The highest BCUT2D eigenvalue weighted by Gasteiger charge is 2.34. The number of carbonyl (C=O) groups is 2. The van der Waals surface area contributed by atoms with E-state index in [9.17, 15) is 9.59 Å². The molecule has 1 aliphatic heterocycles. The van der Waals surface area contributed by atoms with Gasteiger partial charge in [0, 0.05) is 13.0 Å². The Bertz CT molecular complexity index is 362. The number of esters is 1. The second-order valence-corrected chi connectivity index (χ2v) is 5.05. The highest BCUT2D eigenvalue weighted by atomic mass is 16.5. The van der Waals surface area contributed by atoms with Crippen molar-refractivity contribution in [3.05, 3.63) is 11.6 Å². The Morgan fingerprint density at radius 2 is 2.22 bits per heavy atom. The van der Waals surface area contributed by atoms with Gasteiger partial charge in [-0.15, -0.1) is 0 Å². The van der Waals surface area contributed by atoms with Crippen LogP contribution in [-0.2, 0) is 14.3 Å². The normalized spacial score (nSPS) is 23.7. The van der Waals surface area contributed by atoms with Crippen molar-refractivity contribution in [1.82, 2.24) is 4.90 Å². The zero-order chi connectivity index (χ0) is 13.0. The van der Waals surface area contributed by atoms with Gasteiger partial charge in [0.15, 0.2) is 0 Å². The van der Waals surface area contributed by atoms with Crippen LogP contribution in [0.25, 0.3) is 0 Å². The van der Waals surface area contributed by atoms with E-state index in [1.807, 2.05) is 0 Å². The third kappa shape index (κ3) is 2.92. The fourth-order valence-electron chi connectivity index (χ4n) is 2.81. The van der Waals surface area contributed by atoms with Crippen LogP contribution in [0.3, 0.4) is 0 Å². The molecule has 2 rings (SSSR count). The maximum atomic E-state index is 12.2. The van der Waals surface area contributed by atoms with Gasteiger partial charge in [0.2, 0.25) is 5.91 Å². The Balaban J connectivity index is 1.95. The Morgan fingerprint density at radius 1 is 1.39 bits per heavy atom. The molecular formula is C14H21NO3. The molecule has 1 fully saturated rings. The van der Waals surface area contributed by atoms with E-state index in [1.54, 1.807) is 4.90 Å². The standard InChI is InChI=1S/C14H21NO3/c1-18-14(17)12-8-5-9-15(12)13(16)10-11-6-3-2-4-7-11/h6,12H,2-5,7-10H2,1H3. The van der Waals surface area contributed by atoms with Gasteiger partial charge >= 0.3 is 5.97 Å². The smallest absolute Gasteiger partial charge is 0.328 e. The van der Waals surface area contributed by atoms with E-state index < -0.39 is 0 Å². The summed E-state index contributed by atoms with van der Waals surface area (Å²) in [7, 11) is 1.38. The van der Waals surface area contributed by atoms with Crippen LogP contribution < -0.4 is 0 Å². The summed E-state index contributed by atoms with van der Waals surface area (Å²) >= 11 is 0. The van der Waals surface area contributed by atoms with E-state index in [0.29, 0.717) is 13.0 Å². The second-order valence-electron chi connectivity index (χ2n) is 5.05. The average molecular weight is 251 g/mol. The van der Waals surface area contributed by atoms with Crippen LogP contribution in [-0.4, -0.2) is 36.5 Å². The van der Waals surface area contributed by atoms with Crippen LogP contribution in [0.2, 0.25) is 0 Å². The van der Waals surface area contributed by atoms with Crippen LogP contribution in [0.1, 0.15) is 44.9 Å². The van der Waals surface area contributed by atoms with E-state index in [0.717, 1.165) is 25.7 Å². The van der Waals surface area contributed by atoms with Crippen LogP contribution in [0, 0.1) is 0 Å². The summed E-state index contributed by atoms with van der Waals surface area (Å²) in [6.07, 6.45) is 8.82. The molecule has 0 saturated carbocycles. The zero-order valence-electron chi connectivity index (χ0n) is 11.0. The molecule has 1 aliphatic carbocycles. The summed E-state index contributed by atoms with van der Waals surface area (Å²) in [5.41, 5.74) is 1.24. The van der Waals surface area contributed by atoms with Crippen molar-refractivity contribution in [2.24, 2.45) is 0 Å². The van der Waals surface area contributed by atoms with Gasteiger partial charge < -0.3 is 9.64 Å². The number of ether oxygens (including phenoxy) is 1. The van der Waals surface area contributed by atoms with Gasteiger partial charge in [-0.25, -0.2) is 4.79 Å². The van der Waals surface area contributed by atoms with Gasteiger partial charge in [0.05, 0.1) is 7.11 Å². The summed E-state index contributed by atoms with van der Waals surface area (Å²) in [5, 5.41) is 0. The molecule has 4 nitrogen and oxygen atoms in total. The van der Waals surface area contributed by atoms with Crippen molar-refractivity contribution >= 4 is 11.9 Å². The number of nitrogens with zero attached hydrogens (tertiary/aromatic N) is 1. The van der Waals surface area contributed by atoms with E-state index in [2.05, 4.69) is 6.08 Å². The van der Waals surface area contributed by atoms with Crippen molar-refractivity contribution in [2.75, 3.05) is 13.7 Å². The molecule has 1 amide bonds. The first-order valence-electron chi connectivity index (χ1n) is 6.77. The molecule has 4 heteroatoms. The minimum Gasteiger partial charge on any atom is -0.467 e. The Labute approximate surface area is 108 Å². The van der Waals surface area contributed by atoms with Crippen molar-refractivity contribution in [1.29, 1.82) is 0 Å². The van der Waals surface area contributed by atoms with E-state index in [-0.39, 0.29) is 17.9 Å². The summed E-state index contributed by atoms with van der Waals surface area (Å²) in [5.74, 6) is -0.200. The van der Waals surface area contributed by atoms with Crippen LogP contribution in [0.4, 0.5) is 0 Å². The summed E-state index contributed by atoms with van der Waals surface area (Å²) < 4.78 is 4.76. The number of methoxy groups -OCH3 is 1. The lowest BCUT2D eigenvalue weighted by atomic mass is 9.97. The van der Waals surface area contributed by atoms with E-state index >= 15 is 0 Å². The van der Waals surface area contributed by atoms with Gasteiger partial charge in [0.25, 0.3) is 0 Å². The molecule has 0 aromatic carbocycles. The minimum absolute atomic E-state index is 0.0797. The second kappa shape index (κ2) is 6.03. The molecule has 0 radical (unpaired) electrons. The Kier molecular flexibility index (Phi) is 4.39. The SMILES string of the molecule is COC(=O)C1CCCN1C(=O)CC1=CCCCC1. The van der Waals surface area contributed by atoms with Crippen molar-refractivity contribution < 1.29 is 14.3 Å². The highest BCUT2D eigenvalue weighted by molar-refractivity contribution is 5.86. The lowest BCUT2D eigenvalue weighted by Gasteiger charge is -2.23. The molecule has 1 unspecified atom stereocenters. The van der Waals surface area contributed by atoms with Crippen molar-refractivity contribution in [3.63, 3.8) is 0 Å². The number of hydrogen-bond acceptors (Lipinski definition) is 3. The Hall–Kier alpha value is -1.32. The summed E-state index contributed by atoms with van der Waals surface area (Å²) in [6.45, 7) is 0.686. The van der Waals surface area contributed by atoms with Gasteiger partial charge in [-0.2, -0.15) is 0 Å². The number of rotatable bonds is 3. The molecule has 0 aromatic rings. The maximum Gasteiger partial charge on any atom is 0.328 e. The quantitative estimate of drug-likeness (QED) is 0.569. The molecule has 1 saturated heterocycles. The van der Waals surface area contributed by atoms with Gasteiger partial charge in [-0.3, -0.25) is 4.79 Å². The monoisotopic (exact) mass is 251 g/mol. The van der Waals surface area contributed by atoms with Crippen molar-refractivity contribution in [3.8, 4) is 0 Å². The van der Waals surface area contributed by atoms with Gasteiger partial charge in [-0.1, -0.05) is 11.6 Å². The number of amides is 1. The highest BCUT2D eigenvalue weighted by Crippen LogP contribution is 2.24. The molecule has 1 heterocycles. The molecule has 0 bridgehead atoms. The average Bonchev–Trinajstić information content (AvgIpc) is 2.88. The molecule has 0 spiro atoms. The zero-order valence-corrected chi connectivity index (χ0v) is 11.0. The predicted octanol–water partition coefficient (Wildman–Crippen LogP) is 2.04. The lowest BCUT2D eigenvalue weighted by Crippen LogP contribution is -2.41. The fraction of sp³-hybridized carbons (Fsp3) is 0.714. The first-order chi connectivity index (χ1) is 8.72. The number of allylic oxidation sites excluding steroid dienone is 1. The van der Waals surface area contributed by atoms with E-state index in [1.165, 1.54) is 25.5 Å².